The Morgan fingerprint density at radius 1 is 1.18 bits per heavy atom. The molecule has 0 heterocycles. The van der Waals surface area contributed by atoms with Gasteiger partial charge in [0.25, 0.3) is 0 Å². The van der Waals surface area contributed by atoms with Crippen molar-refractivity contribution in [3.05, 3.63) is 64.7 Å². The van der Waals surface area contributed by atoms with E-state index in [1.54, 1.807) is 19.1 Å². The van der Waals surface area contributed by atoms with Gasteiger partial charge in [0.2, 0.25) is 0 Å². The highest BCUT2D eigenvalue weighted by molar-refractivity contribution is 7.98. The minimum atomic E-state index is -0.324. The van der Waals surface area contributed by atoms with Crippen LogP contribution in [-0.4, -0.2) is 30.0 Å². The number of benzene rings is 2. The predicted octanol–water partition coefficient (Wildman–Crippen LogP) is 5.09. The van der Waals surface area contributed by atoms with Crippen molar-refractivity contribution in [1.82, 2.24) is 5.32 Å². The molecule has 0 saturated carbocycles. The first-order valence-corrected chi connectivity index (χ1v) is 11.0. The SMILES string of the molecule is CCOC(=O)c1ccc(C)c(NC(=S)NCCCSCc2cccc(C)c2)c1. The van der Waals surface area contributed by atoms with Crippen LogP contribution in [-0.2, 0) is 10.5 Å². The van der Waals surface area contributed by atoms with Crippen LogP contribution in [0.4, 0.5) is 5.69 Å². The zero-order chi connectivity index (χ0) is 20.4. The average molecular weight is 417 g/mol. The van der Waals surface area contributed by atoms with Gasteiger partial charge in [0.15, 0.2) is 5.11 Å². The highest BCUT2D eigenvalue weighted by atomic mass is 32.2. The van der Waals surface area contributed by atoms with Crippen molar-refractivity contribution in [2.24, 2.45) is 0 Å². The third kappa shape index (κ3) is 7.52. The second kappa shape index (κ2) is 11.7. The molecule has 0 amide bonds. The third-order valence-corrected chi connectivity index (χ3v) is 5.46. The van der Waals surface area contributed by atoms with Gasteiger partial charge in [-0.05, 0) is 68.4 Å². The van der Waals surface area contributed by atoms with Gasteiger partial charge in [0.05, 0.1) is 12.2 Å². The Morgan fingerprint density at radius 3 is 2.75 bits per heavy atom. The minimum Gasteiger partial charge on any atom is -0.462 e. The summed E-state index contributed by atoms with van der Waals surface area (Å²) < 4.78 is 5.05. The van der Waals surface area contributed by atoms with Crippen LogP contribution in [0, 0.1) is 13.8 Å². The summed E-state index contributed by atoms with van der Waals surface area (Å²) in [5.41, 5.74) is 5.03. The molecule has 2 aromatic carbocycles. The monoisotopic (exact) mass is 416 g/mol. The molecule has 0 spiro atoms. The number of carbonyl (C=O) groups excluding carboxylic acids is 1. The van der Waals surface area contributed by atoms with Gasteiger partial charge < -0.3 is 15.4 Å². The van der Waals surface area contributed by atoms with Crippen LogP contribution in [0.3, 0.4) is 0 Å². The molecule has 0 radical (unpaired) electrons. The lowest BCUT2D eigenvalue weighted by molar-refractivity contribution is 0.0526. The van der Waals surface area contributed by atoms with Crippen molar-refractivity contribution >= 4 is 40.7 Å². The number of hydrogen-bond donors (Lipinski definition) is 2. The standard InChI is InChI=1S/C22H28N2O2S2/c1-4-26-21(25)19-10-9-17(3)20(14-19)24-22(27)23-11-6-12-28-15-18-8-5-7-16(2)13-18/h5,7-10,13-14H,4,6,11-12,15H2,1-3H3,(H2,23,24,27). The Bertz CT molecular complexity index is 809. The Hall–Kier alpha value is -2.05. The van der Waals surface area contributed by atoms with Gasteiger partial charge in [-0.2, -0.15) is 11.8 Å². The summed E-state index contributed by atoms with van der Waals surface area (Å²) >= 11 is 7.31. The molecule has 0 aliphatic carbocycles. The molecular weight excluding hydrogens is 388 g/mol. The van der Waals surface area contributed by atoms with Crippen molar-refractivity contribution in [2.75, 3.05) is 24.2 Å². The van der Waals surface area contributed by atoms with Gasteiger partial charge in [-0.1, -0.05) is 35.9 Å². The van der Waals surface area contributed by atoms with Crippen LogP contribution in [0.2, 0.25) is 0 Å². The number of thioether (sulfide) groups is 1. The Morgan fingerprint density at radius 2 is 2.00 bits per heavy atom. The molecule has 150 valence electrons. The fraction of sp³-hybridized carbons (Fsp3) is 0.364. The summed E-state index contributed by atoms with van der Waals surface area (Å²) in [6, 6.07) is 14.1. The molecule has 0 saturated heterocycles. The fourth-order valence-electron chi connectivity index (χ4n) is 2.63. The van der Waals surface area contributed by atoms with E-state index in [9.17, 15) is 4.79 Å². The number of ether oxygens (including phenoxy) is 1. The molecule has 0 atom stereocenters. The topological polar surface area (TPSA) is 50.4 Å². The first-order chi connectivity index (χ1) is 13.5. The quantitative estimate of drug-likeness (QED) is 0.337. The normalized spacial score (nSPS) is 10.4. The lowest BCUT2D eigenvalue weighted by Gasteiger charge is -2.13. The van der Waals surface area contributed by atoms with Gasteiger partial charge in [-0.15, -0.1) is 0 Å². The molecule has 0 aliphatic rings. The first kappa shape index (κ1) is 22.2. The van der Waals surface area contributed by atoms with Crippen molar-refractivity contribution < 1.29 is 9.53 Å². The molecule has 0 unspecified atom stereocenters. The molecule has 2 aromatic rings. The van der Waals surface area contributed by atoms with Crippen molar-refractivity contribution in [3.8, 4) is 0 Å². The molecule has 0 fully saturated rings. The average Bonchev–Trinajstić information content (AvgIpc) is 2.66. The highest BCUT2D eigenvalue weighted by Gasteiger charge is 2.09. The zero-order valence-corrected chi connectivity index (χ0v) is 18.3. The maximum Gasteiger partial charge on any atom is 0.338 e. The third-order valence-electron chi connectivity index (χ3n) is 4.10. The Balaban J connectivity index is 1.71. The fourth-order valence-corrected chi connectivity index (χ4v) is 3.75. The maximum atomic E-state index is 11.9. The number of rotatable bonds is 9. The van der Waals surface area contributed by atoms with Crippen LogP contribution in [0.1, 0.15) is 40.4 Å². The van der Waals surface area contributed by atoms with E-state index in [-0.39, 0.29) is 5.97 Å². The van der Waals surface area contributed by atoms with E-state index in [0.717, 1.165) is 35.7 Å². The number of nitrogens with one attached hydrogen (secondary N) is 2. The molecule has 0 aliphatic heterocycles. The van der Waals surface area contributed by atoms with E-state index in [1.165, 1.54) is 11.1 Å². The van der Waals surface area contributed by atoms with Gasteiger partial charge in [0, 0.05) is 18.0 Å². The van der Waals surface area contributed by atoms with E-state index >= 15 is 0 Å². The molecule has 2 rings (SSSR count). The second-order valence-corrected chi connectivity index (χ2v) is 8.04. The van der Waals surface area contributed by atoms with E-state index in [4.69, 9.17) is 17.0 Å². The molecule has 0 bridgehead atoms. The number of carbonyl (C=O) groups is 1. The lowest BCUT2D eigenvalue weighted by atomic mass is 10.1. The maximum absolute atomic E-state index is 11.9. The Labute approximate surface area is 177 Å². The van der Waals surface area contributed by atoms with E-state index < -0.39 is 0 Å². The van der Waals surface area contributed by atoms with Crippen molar-refractivity contribution in [1.29, 1.82) is 0 Å². The van der Waals surface area contributed by atoms with Crippen molar-refractivity contribution in [3.63, 3.8) is 0 Å². The zero-order valence-electron chi connectivity index (χ0n) is 16.7. The summed E-state index contributed by atoms with van der Waals surface area (Å²) in [6.45, 7) is 7.06. The van der Waals surface area contributed by atoms with Gasteiger partial charge in [-0.25, -0.2) is 4.79 Å². The number of esters is 1. The molecule has 4 nitrogen and oxygen atoms in total. The van der Waals surface area contributed by atoms with E-state index in [2.05, 4.69) is 41.8 Å². The highest BCUT2D eigenvalue weighted by Crippen LogP contribution is 2.18. The molecule has 0 aromatic heterocycles. The Kier molecular flexibility index (Phi) is 9.31. The minimum absolute atomic E-state index is 0.324. The molecule has 6 heteroatoms. The van der Waals surface area contributed by atoms with Crippen LogP contribution >= 0.6 is 24.0 Å². The first-order valence-electron chi connectivity index (χ1n) is 9.45. The summed E-state index contributed by atoms with van der Waals surface area (Å²) in [7, 11) is 0. The molecular formula is C22H28N2O2S2. The van der Waals surface area contributed by atoms with E-state index in [1.807, 2.05) is 24.8 Å². The van der Waals surface area contributed by atoms with Crippen molar-refractivity contribution in [2.45, 2.75) is 32.9 Å². The summed E-state index contributed by atoms with van der Waals surface area (Å²) in [4.78, 5) is 11.9. The lowest BCUT2D eigenvalue weighted by Crippen LogP contribution is -2.29. The van der Waals surface area contributed by atoms with Gasteiger partial charge in [0.1, 0.15) is 0 Å². The largest absolute Gasteiger partial charge is 0.462 e. The second-order valence-electron chi connectivity index (χ2n) is 6.53. The summed E-state index contributed by atoms with van der Waals surface area (Å²) in [5.74, 6) is 1.78. The van der Waals surface area contributed by atoms with Gasteiger partial charge in [-0.3, -0.25) is 0 Å². The van der Waals surface area contributed by atoms with Crippen LogP contribution in [0.5, 0.6) is 0 Å². The number of anilines is 1. The predicted molar refractivity (Wildman–Crippen MR) is 123 cm³/mol. The van der Waals surface area contributed by atoms with Crippen LogP contribution in [0.25, 0.3) is 0 Å². The van der Waals surface area contributed by atoms with Gasteiger partial charge >= 0.3 is 5.97 Å². The molecule has 2 N–H and O–H groups in total. The number of thiocarbonyl (C=S) groups is 1. The summed E-state index contributed by atoms with van der Waals surface area (Å²) in [5, 5.41) is 6.97. The van der Waals surface area contributed by atoms with Crippen LogP contribution < -0.4 is 10.6 Å². The molecule has 28 heavy (non-hydrogen) atoms. The summed E-state index contributed by atoms with van der Waals surface area (Å²) in [6.07, 6.45) is 1.03. The van der Waals surface area contributed by atoms with E-state index in [0.29, 0.717) is 17.3 Å². The van der Waals surface area contributed by atoms with Crippen LogP contribution in [0.15, 0.2) is 42.5 Å². The number of hydrogen-bond acceptors (Lipinski definition) is 4. The number of aryl methyl sites for hydroxylation is 2. The smallest absolute Gasteiger partial charge is 0.338 e.